The zero-order valence-electron chi connectivity index (χ0n) is 19.1. The summed E-state index contributed by atoms with van der Waals surface area (Å²) >= 11 is 0. The second kappa shape index (κ2) is 24.7. The van der Waals surface area contributed by atoms with E-state index in [4.69, 9.17) is 9.47 Å². The molecule has 0 aromatic heterocycles. The quantitative estimate of drug-likeness (QED) is 0.146. The average molecular weight is 399 g/mol. The Labute approximate surface area is 176 Å². The number of hydrogen-bond acceptors (Lipinski definition) is 3. The van der Waals surface area contributed by atoms with Gasteiger partial charge in [-0.3, -0.25) is 0 Å². The number of unbranched alkanes of at least 4 members (excludes halogenated alkanes) is 13. The normalized spacial score (nSPS) is 12.8. The predicted molar refractivity (Wildman–Crippen MR) is 122 cm³/mol. The maximum Gasteiger partial charge on any atom is 0.104 e. The van der Waals surface area contributed by atoms with Crippen LogP contribution in [-0.2, 0) is 9.47 Å². The Balaban J connectivity index is 3.22. The molecular formula is C25H50O3. The van der Waals surface area contributed by atoms with E-state index >= 15 is 0 Å². The van der Waals surface area contributed by atoms with Crippen molar-refractivity contribution in [1.82, 2.24) is 0 Å². The minimum absolute atomic E-state index is 0.0379. The van der Waals surface area contributed by atoms with E-state index in [9.17, 15) is 5.11 Å². The largest absolute Gasteiger partial charge is 0.394 e. The molecule has 0 fully saturated rings. The third-order valence-electron chi connectivity index (χ3n) is 5.19. The van der Waals surface area contributed by atoms with Crippen LogP contribution in [0.5, 0.6) is 0 Å². The number of aliphatic hydroxyl groups excluding tert-OH is 1. The summed E-state index contributed by atoms with van der Waals surface area (Å²) < 4.78 is 11.3. The number of hydrogen-bond donors (Lipinski definition) is 1. The van der Waals surface area contributed by atoms with Crippen molar-refractivity contribution in [2.24, 2.45) is 0 Å². The van der Waals surface area contributed by atoms with Gasteiger partial charge in [0.05, 0.1) is 19.8 Å². The van der Waals surface area contributed by atoms with Gasteiger partial charge in [-0.2, -0.15) is 0 Å². The fraction of sp³-hybridized carbons (Fsp3) is 0.920. The molecule has 0 amide bonds. The third-order valence-corrected chi connectivity index (χ3v) is 5.19. The van der Waals surface area contributed by atoms with Crippen molar-refractivity contribution in [3.63, 3.8) is 0 Å². The topological polar surface area (TPSA) is 38.7 Å². The van der Waals surface area contributed by atoms with Crippen LogP contribution in [0.1, 0.15) is 117 Å². The van der Waals surface area contributed by atoms with Gasteiger partial charge < -0.3 is 14.6 Å². The van der Waals surface area contributed by atoms with Crippen LogP contribution in [0.25, 0.3) is 0 Å². The highest BCUT2D eigenvalue weighted by atomic mass is 16.5. The highest BCUT2D eigenvalue weighted by molar-refractivity contribution is 4.79. The van der Waals surface area contributed by atoms with Gasteiger partial charge in [-0.1, -0.05) is 109 Å². The van der Waals surface area contributed by atoms with Crippen LogP contribution < -0.4 is 0 Å². The molecule has 0 aliphatic rings. The standard InChI is InChI=1S/C25H50O3/c1-3-5-7-9-10-11-12-13-14-15-16-17-18-19-21-27-24-25(23-26)28-22-20-8-6-4-2/h6,8,25-26H,3-5,7,9-24H2,1-2H3/t25-/m0/s1. The van der Waals surface area contributed by atoms with E-state index in [-0.39, 0.29) is 12.7 Å². The molecule has 168 valence electrons. The molecule has 3 heteroatoms. The molecule has 0 saturated carbocycles. The molecule has 0 unspecified atom stereocenters. The summed E-state index contributed by atoms with van der Waals surface area (Å²) in [5.41, 5.74) is 0. The first-order valence-electron chi connectivity index (χ1n) is 12.3. The molecule has 1 N–H and O–H groups in total. The van der Waals surface area contributed by atoms with Crippen molar-refractivity contribution in [1.29, 1.82) is 0 Å². The lowest BCUT2D eigenvalue weighted by Crippen LogP contribution is -2.24. The molecule has 0 heterocycles. The molecule has 0 radical (unpaired) electrons. The van der Waals surface area contributed by atoms with E-state index in [1.807, 2.05) is 0 Å². The van der Waals surface area contributed by atoms with Gasteiger partial charge in [0, 0.05) is 6.61 Å². The molecule has 0 aromatic rings. The maximum absolute atomic E-state index is 9.33. The first kappa shape index (κ1) is 27.6. The third kappa shape index (κ3) is 21.9. The molecule has 0 bridgehead atoms. The lowest BCUT2D eigenvalue weighted by atomic mass is 10.0. The van der Waals surface area contributed by atoms with Crippen LogP contribution in [0, 0.1) is 0 Å². The van der Waals surface area contributed by atoms with Crippen molar-refractivity contribution >= 4 is 0 Å². The molecular weight excluding hydrogens is 348 g/mol. The predicted octanol–water partition coefficient (Wildman–Crippen LogP) is 7.22. The van der Waals surface area contributed by atoms with Crippen LogP contribution in [0.2, 0.25) is 0 Å². The second-order valence-electron chi connectivity index (χ2n) is 8.01. The monoisotopic (exact) mass is 398 g/mol. The minimum Gasteiger partial charge on any atom is -0.394 e. The Morgan fingerprint density at radius 2 is 1.21 bits per heavy atom. The van der Waals surface area contributed by atoms with E-state index in [0.717, 1.165) is 25.9 Å². The van der Waals surface area contributed by atoms with Gasteiger partial charge in [0.2, 0.25) is 0 Å². The van der Waals surface area contributed by atoms with Gasteiger partial charge >= 0.3 is 0 Å². The summed E-state index contributed by atoms with van der Waals surface area (Å²) in [4.78, 5) is 0. The lowest BCUT2D eigenvalue weighted by Gasteiger charge is -2.15. The molecule has 0 spiro atoms. The smallest absolute Gasteiger partial charge is 0.104 e. The van der Waals surface area contributed by atoms with Crippen LogP contribution in [-0.4, -0.2) is 37.6 Å². The first-order valence-corrected chi connectivity index (χ1v) is 12.3. The van der Waals surface area contributed by atoms with Gasteiger partial charge in [-0.05, 0) is 19.3 Å². The number of aliphatic hydroxyl groups is 1. The molecule has 0 aliphatic carbocycles. The number of rotatable bonds is 23. The van der Waals surface area contributed by atoms with E-state index in [1.165, 1.54) is 83.5 Å². The summed E-state index contributed by atoms with van der Waals surface area (Å²) in [5, 5.41) is 9.33. The zero-order valence-corrected chi connectivity index (χ0v) is 19.1. The highest BCUT2D eigenvalue weighted by Gasteiger charge is 2.07. The van der Waals surface area contributed by atoms with Crippen molar-refractivity contribution in [3.05, 3.63) is 12.2 Å². The van der Waals surface area contributed by atoms with Crippen molar-refractivity contribution in [2.75, 3.05) is 26.4 Å². The molecule has 0 aromatic carbocycles. The van der Waals surface area contributed by atoms with E-state index in [0.29, 0.717) is 13.2 Å². The average Bonchev–Trinajstić information content (AvgIpc) is 2.71. The fourth-order valence-electron chi connectivity index (χ4n) is 3.35. The summed E-state index contributed by atoms with van der Waals surface area (Å²) in [6.45, 7) is 6.39. The molecule has 0 saturated heterocycles. The summed E-state index contributed by atoms with van der Waals surface area (Å²) in [7, 11) is 0. The summed E-state index contributed by atoms with van der Waals surface area (Å²) in [6, 6.07) is 0. The summed E-state index contributed by atoms with van der Waals surface area (Å²) in [5.74, 6) is 0. The first-order chi connectivity index (χ1) is 13.8. The molecule has 28 heavy (non-hydrogen) atoms. The Bertz CT molecular complexity index is 304. The Kier molecular flexibility index (Phi) is 24.3. The molecule has 0 rings (SSSR count). The Morgan fingerprint density at radius 1 is 0.679 bits per heavy atom. The van der Waals surface area contributed by atoms with E-state index in [1.54, 1.807) is 0 Å². The van der Waals surface area contributed by atoms with Crippen molar-refractivity contribution in [2.45, 2.75) is 123 Å². The van der Waals surface area contributed by atoms with Crippen molar-refractivity contribution < 1.29 is 14.6 Å². The number of ether oxygens (including phenoxy) is 2. The van der Waals surface area contributed by atoms with E-state index in [2.05, 4.69) is 26.0 Å². The lowest BCUT2D eigenvalue weighted by molar-refractivity contribution is -0.0413. The van der Waals surface area contributed by atoms with Crippen LogP contribution in [0.4, 0.5) is 0 Å². The maximum atomic E-state index is 9.33. The second-order valence-corrected chi connectivity index (χ2v) is 8.01. The summed E-state index contributed by atoms with van der Waals surface area (Å²) in [6.07, 6.45) is 25.3. The fourth-order valence-corrected chi connectivity index (χ4v) is 3.35. The van der Waals surface area contributed by atoms with Crippen LogP contribution in [0.3, 0.4) is 0 Å². The van der Waals surface area contributed by atoms with Gasteiger partial charge in [0.25, 0.3) is 0 Å². The Morgan fingerprint density at radius 3 is 1.71 bits per heavy atom. The van der Waals surface area contributed by atoms with Gasteiger partial charge in [-0.15, -0.1) is 0 Å². The molecule has 3 nitrogen and oxygen atoms in total. The Hall–Kier alpha value is -0.380. The zero-order chi connectivity index (χ0) is 20.5. The van der Waals surface area contributed by atoms with Gasteiger partial charge in [-0.25, -0.2) is 0 Å². The highest BCUT2D eigenvalue weighted by Crippen LogP contribution is 2.13. The van der Waals surface area contributed by atoms with Crippen molar-refractivity contribution in [3.8, 4) is 0 Å². The van der Waals surface area contributed by atoms with Crippen LogP contribution >= 0.6 is 0 Å². The van der Waals surface area contributed by atoms with Gasteiger partial charge in [0.1, 0.15) is 6.10 Å². The number of allylic oxidation sites excluding steroid dienone is 1. The molecule has 0 aliphatic heterocycles. The minimum atomic E-state index is -0.179. The van der Waals surface area contributed by atoms with Gasteiger partial charge in [0.15, 0.2) is 0 Å². The van der Waals surface area contributed by atoms with E-state index < -0.39 is 0 Å². The SMILES string of the molecule is CCC=CCCO[C@@H](CO)COCCCCCCCCCCCCCCCC. The molecule has 1 atom stereocenters. The van der Waals surface area contributed by atoms with Crippen LogP contribution in [0.15, 0.2) is 12.2 Å².